The fourth-order valence-corrected chi connectivity index (χ4v) is 2.04. The molecule has 1 aromatic rings. The van der Waals surface area contributed by atoms with E-state index in [-0.39, 0.29) is 0 Å². The van der Waals surface area contributed by atoms with E-state index in [9.17, 15) is 0 Å². The Kier molecular flexibility index (Phi) is 2.26. The smallest absolute Gasteiger partial charge is 0.0401 e. The van der Waals surface area contributed by atoms with Crippen LogP contribution < -0.4 is 4.90 Å². The first-order valence-electron chi connectivity index (χ1n) is 5.17. The highest BCUT2D eigenvalue weighted by Crippen LogP contribution is 2.29. The maximum atomic E-state index is 2.52. The van der Waals surface area contributed by atoms with Crippen molar-refractivity contribution in [2.24, 2.45) is 0 Å². The highest BCUT2D eigenvalue weighted by atomic mass is 15.2. The third kappa shape index (κ3) is 1.43. The summed E-state index contributed by atoms with van der Waals surface area (Å²) in [6.45, 7) is 5.77. The molecule has 0 radical (unpaired) electrons. The molecule has 0 fully saturated rings. The molecule has 0 spiro atoms. The van der Waals surface area contributed by atoms with E-state index in [0.29, 0.717) is 6.04 Å². The summed E-state index contributed by atoms with van der Waals surface area (Å²) in [7, 11) is 0. The molecule has 2 rings (SSSR count). The van der Waals surface area contributed by atoms with Crippen molar-refractivity contribution in [2.75, 3.05) is 11.4 Å². The molecule has 1 heteroatoms. The Morgan fingerprint density at radius 2 is 2.15 bits per heavy atom. The van der Waals surface area contributed by atoms with E-state index in [1.54, 1.807) is 0 Å². The number of benzene rings is 1. The quantitative estimate of drug-likeness (QED) is 0.668. The van der Waals surface area contributed by atoms with Gasteiger partial charge in [0.1, 0.15) is 0 Å². The second-order valence-corrected chi connectivity index (χ2v) is 3.83. The zero-order valence-corrected chi connectivity index (χ0v) is 8.46. The van der Waals surface area contributed by atoms with Crippen LogP contribution in [0, 0.1) is 0 Å². The fraction of sp³-hybridized carbons (Fsp3) is 0.500. The molecular weight excluding hydrogens is 158 g/mol. The van der Waals surface area contributed by atoms with Gasteiger partial charge in [0.2, 0.25) is 0 Å². The highest BCUT2D eigenvalue weighted by molar-refractivity contribution is 5.58. The summed E-state index contributed by atoms with van der Waals surface area (Å²) in [5, 5.41) is 0. The third-order valence-corrected chi connectivity index (χ3v) is 3.05. The summed E-state index contributed by atoms with van der Waals surface area (Å²) in [5.74, 6) is 0. The summed E-state index contributed by atoms with van der Waals surface area (Å²) in [5.41, 5.74) is 2.97. The lowest BCUT2D eigenvalue weighted by molar-refractivity contribution is 0.635. The van der Waals surface area contributed by atoms with Crippen LogP contribution in [-0.4, -0.2) is 12.6 Å². The molecule has 1 atom stereocenters. The summed E-state index contributed by atoms with van der Waals surface area (Å²) < 4.78 is 0. The third-order valence-electron chi connectivity index (χ3n) is 3.05. The van der Waals surface area contributed by atoms with Crippen LogP contribution in [-0.2, 0) is 6.42 Å². The molecule has 0 bridgehead atoms. The minimum atomic E-state index is 0.684. The van der Waals surface area contributed by atoms with Gasteiger partial charge in [-0.1, -0.05) is 25.1 Å². The van der Waals surface area contributed by atoms with Crippen LogP contribution in [0.1, 0.15) is 25.8 Å². The minimum absolute atomic E-state index is 0.684. The first-order valence-corrected chi connectivity index (χ1v) is 5.17. The largest absolute Gasteiger partial charge is 0.368 e. The Labute approximate surface area is 80.4 Å². The number of anilines is 1. The Morgan fingerprint density at radius 3 is 2.92 bits per heavy atom. The van der Waals surface area contributed by atoms with Gasteiger partial charge in [-0.05, 0) is 31.4 Å². The van der Waals surface area contributed by atoms with Crippen molar-refractivity contribution < 1.29 is 0 Å². The first-order chi connectivity index (χ1) is 6.33. The number of nitrogens with zero attached hydrogens (tertiary/aromatic N) is 1. The standard InChI is InChI=1S/C12H17N/c1-3-10(2)13-9-8-11-6-4-5-7-12(11)13/h4-7,10H,3,8-9H2,1-2H3. The lowest BCUT2D eigenvalue weighted by atomic mass is 10.1. The molecule has 1 nitrogen and oxygen atoms in total. The minimum Gasteiger partial charge on any atom is -0.368 e. The molecule has 1 unspecified atom stereocenters. The number of fused-ring (bicyclic) bond motifs is 1. The van der Waals surface area contributed by atoms with Crippen LogP contribution in [0.3, 0.4) is 0 Å². The molecule has 1 aliphatic rings. The van der Waals surface area contributed by atoms with Gasteiger partial charge >= 0.3 is 0 Å². The summed E-state index contributed by atoms with van der Waals surface area (Å²) in [6.07, 6.45) is 2.45. The lowest BCUT2D eigenvalue weighted by Gasteiger charge is -2.26. The molecule has 0 saturated heterocycles. The topological polar surface area (TPSA) is 3.24 Å². The molecular formula is C12H17N. The van der Waals surface area contributed by atoms with Crippen molar-refractivity contribution in [3.8, 4) is 0 Å². The lowest BCUT2D eigenvalue weighted by Crippen LogP contribution is -2.30. The van der Waals surface area contributed by atoms with Crippen LogP contribution in [0.5, 0.6) is 0 Å². The van der Waals surface area contributed by atoms with Gasteiger partial charge < -0.3 is 4.90 Å². The molecule has 0 saturated carbocycles. The van der Waals surface area contributed by atoms with Gasteiger partial charge in [-0.25, -0.2) is 0 Å². The predicted molar refractivity (Wildman–Crippen MR) is 57.2 cm³/mol. The van der Waals surface area contributed by atoms with E-state index in [2.05, 4.69) is 43.0 Å². The van der Waals surface area contributed by atoms with Crippen molar-refractivity contribution in [1.29, 1.82) is 0 Å². The Balaban J connectivity index is 2.28. The molecule has 1 aliphatic heterocycles. The van der Waals surface area contributed by atoms with Gasteiger partial charge in [0.05, 0.1) is 0 Å². The van der Waals surface area contributed by atoms with Gasteiger partial charge in [0.15, 0.2) is 0 Å². The van der Waals surface area contributed by atoms with E-state index >= 15 is 0 Å². The SMILES string of the molecule is CCC(C)N1CCc2ccccc21. The predicted octanol–water partition coefficient (Wildman–Crippen LogP) is 2.85. The zero-order valence-electron chi connectivity index (χ0n) is 8.46. The van der Waals surface area contributed by atoms with Crippen LogP contribution in [0.25, 0.3) is 0 Å². The van der Waals surface area contributed by atoms with Gasteiger partial charge in [-0.2, -0.15) is 0 Å². The molecule has 0 amide bonds. The first kappa shape index (κ1) is 8.61. The summed E-state index contributed by atoms with van der Waals surface area (Å²) >= 11 is 0. The number of para-hydroxylation sites is 1. The Morgan fingerprint density at radius 1 is 1.38 bits per heavy atom. The van der Waals surface area contributed by atoms with Crippen LogP contribution in [0.15, 0.2) is 24.3 Å². The van der Waals surface area contributed by atoms with Gasteiger partial charge in [-0.3, -0.25) is 0 Å². The second kappa shape index (κ2) is 3.41. The van der Waals surface area contributed by atoms with Gasteiger partial charge in [0, 0.05) is 18.3 Å². The van der Waals surface area contributed by atoms with Crippen LogP contribution in [0.2, 0.25) is 0 Å². The van der Waals surface area contributed by atoms with Crippen LogP contribution >= 0.6 is 0 Å². The maximum absolute atomic E-state index is 2.52. The molecule has 1 heterocycles. The average Bonchev–Trinajstić information content (AvgIpc) is 2.60. The van der Waals surface area contributed by atoms with Gasteiger partial charge in [-0.15, -0.1) is 0 Å². The average molecular weight is 175 g/mol. The Bertz CT molecular complexity index is 293. The zero-order chi connectivity index (χ0) is 9.26. The summed E-state index contributed by atoms with van der Waals surface area (Å²) in [4.78, 5) is 2.52. The number of hydrogen-bond acceptors (Lipinski definition) is 1. The highest BCUT2D eigenvalue weighted by Gasteiger charge is 2.21. The molecule has 13 heavy (non-hydrogen) atoms. The fourth-order valence-electron chi connectivity index (χ4n) is 2.04. The van der Waals surface area contributed by atoms with Gasteiger partial charge in [0.25, 0.3) is 0 Å². The van der Waals surface area contributed by atoms with Crippen molar-refractivity contribution in [1.82, 2.24) is 0 Å². The van der Waals surface area contributed by atoms with E-state index in [0.717, 1.165) is 0 Å². The van der Waals surface area contributed by atoms with E-state index in [1.807, 2.05) is 0 Å². The van der Waals surface area contributed by atoms with Crippen molar-refractivity contribution >= 4 is 5.69 Å². The van der Waals surface area contributed by atoms with Crippen LogP contribution in [0.4, 0.5) is 5.69 Å². The van der Waals surface area contributed by atoms with Crippen molar-refractivity contribution in [2.45, 2.75) is 32.7 Å². The van der Waals surface area contributed by atoms with E-state index in [4.69, 9.17) is 0 Å². The molecule has 1 aromatic carbocycles. The molecule has 0 aliphatic carbocycles. The summed E-state index contributed by atoms with van der Waals surface area (Å²) in [6, 6.07) is 9.45. The number of hydrogen-bond donors (Lipinski definition) is 0. The second-order valence-electron chi connectivity index (χ2n) is 3.83. The molecule has 0 aromatic heterocycles. The van der Waals surface area contributed by atoms with Crippen molar-refractivity contribution in [3.63, 3.8) is 0 Å². The number of rotatable bonds is 2. The van der Waals surface area contributed by atoms with E-state index < -0.39 is 0 Å². The molecule has 0 N–H and O–H groups in total. The molecule has 70 valence electrons. The van der Waals surface area contributed by atoms with Crippen molar-refractivity contribution in [3.05, 3.63) is 29.8 Å². The Hall–Kier alpha value is -0.980. The monoisotopic (exact) mass is 175 g/mol. The normalized spacial score (nSPS) is 17.2. The van der Waals surface area contributed by atoms with E-state index in [1.165, 1.54) is 30.6 Å². The maximum Gasteiger partial charge on any atom is 0.0401 e.